The second-order valence-electron chi connectivity index (χ2n) is 6.32. The minimum atomic E-state index is -0.0397. The van der Waals surface area contributed by atoms with Gasteiger partial charge < -0.3 is 15.1 Å². The van der Waals surface area contributed by atoms with Gasteiger partial charge in [0.25, 0.3) is 0 Å². The smallest absolute Gasteiger partial charge is 0.317 e. The fraction of sp³-hybridized carbons (Fsp3) is 0.444. The van der Waals surface area contributed by atoms with Gasteiger partial charge in [0.15, 0.2) is 0 Å². The van der Waals surface area contributed by atoms with Crippen LogP contribution in [0.2, 0.25) is 0 Å². The van der Waals surface area contributed by atoms with E-state index in [-0.39, 0.29) is 12.1 Å². The molecule has 1 aliphatic rings. The lowest BCUT2D eigenvalue weighted by Gasteiger charge is -2.28. The first-order chi connectivity index (χ1) is 11.6. The average molecular weight is 344 g/mol. The van der Waals surface area contributed by atoms with Gasteiger partial charge >= 0.3 is 6.03 Å². The fourth-order valence-electron chi connectivity index (χ4n) is 3.07. The number of rotatable bonds is 5. The van der Waals surface area contributed by atoms with Crippen molar-refractivity contribution in [3.05, 3.63) is 45.9 Å². The van der Waals surface area contributed by atoms with E-state index >= 15 is 0 Å². The number of aryl methyl sites for hydroxylation is 1. The lowest BCUT2D eigenvalue weighted by atomic mass is 10.2. The van der Waals surface area contributed by atoms with Crippen LogP contribution in [0.4, 0.5) is 10.5 Å². The summed E-state index contributed by atoms with van der Waals surface area (Å²) in [5.41, 5.74) is 5.52. The van der Waals surface area contributed by atoms with E-state index in [1.165, 1.54) is 11.3 Å². The van der Waals surface area contributed by atoms with E-state index in [2.05, 4.69) is 46.4 Å². The van der Waals surface area contributed by atoms with Crippen molar-refractivity contribution in [1.82, 2.24) is 15.2 Å². The first-order valence-corrected chi connectivity index (χ1v) is 9.16. The molecular weight excluding hydrogens is 320 g/mol. The number of fused-ring (bicyclic) bond motifs is 1. The van der Waals surface area contributed by atoms with Crippen molar-refractivity contribution in [3.63, 3.8) is 0 Å². The molecule has 0 radical (unpaired) electrons. The van der Waals surface area contributed by atoms with Crippen LogP contribution < -0.4 is 10.2 Å². The van der Waals surface area contributed by atoms with E-state index in [4.69, 9.17) is 0 Å². The molecule has 0 spiro atoms. The molecule has 6 heteroatoms. The number of nitrogens with zero attached hydrogens (tertiary/aromatic N) is 3. The van der Waals surface area contributed by atoms with Crippen molar-refractivity contribution in [3.8, 4) is 0 Å². The molecule has 0 unspecified atom stereocenters. The second-order valence-corrected chi connectivity index (χ2v) is 7.26. The van der Waals surface area contributed by atoms with E-state index in [9.17, 15) is 4.79 Å². The fourth-order valence-corrected chi connectivity index (χ4v) is 3.90. The van der Waals surface area contributed by atoms with Crippen molar-refractivity contribution < 1.29 is 4.79 Å². The average Bonchev–Trinajstić information content (AvgIpc) is 3.19. The maximum atomic E-state index is 12.3. The third-order valence-corrected chi connectivity index (χ3v) is 5.50. The molecule has 0 aliphatic carbocycles. The Bertz CT molecular complexity index is 715. The van der Waals surface area contributed by atoms with Crippen molar-refractivity contribution in [1.29, 1.82) is 0 Å². The number of nitrogens with one attached hydrogen (secondary N) is 1. The van der Waals surface area contributed by atoms with Gasteiger partial charge in [-0.25, -0.2) is 9.78 Å². The van der Waals surface area contributed by atoms with E-state index < -0.39 is 0 Å². The molecule has 3 rings (SSSR count). The molecule has 2 heterocycles. The van der Waals surface area contributed by atoms with Crippen LogP contribution in [0.15, 0.2) is 29.8 Å². The van der Waals surface area contributed by atoms with E-state index in [1.54, 1.807) is 16.2 Å². The molecule has 24 heavy (non-hydrogen) atoms. The number of thiazole rings is 1. The molecule has 1 aromatic heterocycles. The van der Waals surface area contributed by atoms with Crippen molar-refractivity contribution in [2.45, 2.75) is 32.9 Å². The Balaban J connectivity index is 1.52. The highest BCUT2D eigenvalue weighted by Gasteiger charge is 2.23. The largest absolute Gasteiger partial charge is 0.366 e. The van der Waals surface area contributed by atoms with Gasteiger partial charge in [-0.1, -0.05) is 18.2 Å². The highest BCUT2D eigenvalue weighted by molar-refractivity contribution is 7.09. The third kappa shape index (κ3) is 3.53. The number of amides is 2. The maximum absolute atomic E-state index is 12.3. The van der Waals surface area contributed by atoms with Crippen LogP contribution >= 0.6 is 11.3 Å². The summed E-state index contributed by atoms with van der Waals surface area (Å²) in [7, 11) is 1.82. The topological polar surface area (TPSA) is 48.5 Å². The van der Waals surface area contributed by atoms with E-state index in [1.807, 2.05) is 19.5 Å². The van der Waals surface area contributed by atoms with Gasteiger partial charge in [-0.05, 0) is 31.9 Å². The number of hydrogen-bond donors (Lipinski definition) is 1. The van der Waals surface area contributed by atoms with Crippen molar-refractivity contribution >= 4 is 23.1 Å². The predicted octanol–water partition coefficient (Wildman–Crippen LogP) is 3.04. The van der Waals surface area contributed by atoms with Crippen molar-refractivity contribution in [2.75, 3.05) is 25.0 Å². The zero-order chi connectivity index (χ0) is 17.1. The predicted molar refractivity (Wildman–Crippen MR) is 98.7 cm³/mol. The Hall–Kier alpha value is -2.08. The molecule has 0 saturated carbocycles. The number of hydrogen-bond acceptors (Lipinski definition) is 4. The molecule has 2 amide bonds. The quantitative estimate of drug-likeness (QED) is 0.907. The van der Waals surface area contributed by atoms with E-state index in [0.29, 0.717) is 13.1 Å². The molecule has 1 aromatic carbocycles. The molecular formula is C18H24N4OS. The number of carbonyl (C=O) groups is 1. The molecule has 1 aliphatic heterocycles. The molecule has 1 atom stereocenters. The first kappa shape index (κ1) is 16.8. The number of benzene rings is 1. The lowest BCUT2D eigenvalue weighted by Crippen LogP contribution is -2.45. The minimum absolute atomic E-state index is 0.0397. The van der Waals surface area contributed by atoms with Gasteiger partial charge in [-0.15, -0.1) is 11.3 Å². The Morgan fingerprint density at radius 2 is 2.25 bits per heavy atom. The van der Waals surface area contributed by atoms with Gasteiger partial charge in [0, 0.05) is 36.7 Å². The molecule has 2 aromatic rings. The van der Waals surface area contributed by atoms with Crippen LogP contribution in [-0.2, 0) is 13.0 Å². The standard InChI is InChI=1S/C18H24N4OS/c1-13(22-9-8-15-6-4-5-7-16(15)22)10-19-18(23)21(3)11-17-14(2)20-12-24-17/h4-7,12-13H,8-11H2,1-3H3,(H,19,23)/t13-/m1/s1. The van der Waals surface area contributed by atoms with Gasteiger partial charge in [0.2, 0.25) is 0 Å². The number of carbonyl (C=O) groups excluding carboxylic acids is 1. The van der Waals surface area contributed by atoms with Crippen LogP contribution in [0.3, 0.4) is 0 Å². The number of anilines is 1. The van der Waals surface area contributed by atoms with Gasteiger partial charge in [0.1, 0.15) is 0 Å². The van der Waals surface area contributed by atoms with E-state index in [0.717, 1.165) is 23.5 Å². The molecule has 5 nitrogen and oxygen atoms in total. The summed E-state index contributed by atoms with van der Waals surface area (Å²) >= 11 is 1.59. The van der Waals surface area contributed by atoms with Crippen LogP contribution in [0.5, 0.6) is 0 Å². The Morgan fingerprint density at radius 3 is 3.00 bits per heavy atom. The Kier molecular flexibility index (Phi) is 5.04. The highest BCUT2D eigenvalue weighted by atomic mass is 32.1. The summed E-state index contributed by atoms with van der Waals surface area (Å²) in [6.07, 6.45) is 1.08. The zero-order valence-electron chi connectivity index (χ0n) is 14.5. The summed E-state index contributed by atoms with van der Waals surface area (Å²) in [6, 6.07) is 8.75. The summed E-state index contributed by atoms with van der Waals surface area (Å²) in [4.78, 5) is 21.8. The van der Waals surface area contributed by atoms with Crippen LogP contribution in [0.25, 0.3) is 0 Å². The van der Waals surface area contributed by atoms with Crippen LogP contribution in [0, 0.1) is 6.92 Å². The van der Waals surface area contributed by atoms with Gasteiger partial charge in [0.05, 0.1) is 17.7 Å². The lowest BCUT2D eigenvalue weighted by molar-refractivity contribution is 0.206. The third-order valence-electron chi connectivity index (χ3n) is 4.58. The summed E-state index contributed by atoms with van der Waals surface area (Å²) in [5.74, 6) is 0. The molecule has 128 valence electrons. The second kappa shape index (κ2) is 7.21. The number of urea groups is 1. The summed E-state index contributed by atoms with van der Waals surface area (Å²) < 4.78 is 0. The highest BCUT2D eigenvalue weighted by Crippen LogP contribution is 2.28. The Labute approximate surface area is 147 Å². The van der Waals surface area contributed by atoms with Gasteiger partial charge in [-0.3, -0.25) is 0 Å². The molecule has 1 N–H and O–H groups in total. The van der Waals surface area contributed by atoms with Gasteiger partial charge in [-0.2, -0.15) is 0 Å². The molecule has 0 bridgehead atoms. The first-order valence-electron chi connectivity index (χ1n) is 8.28. The SMILES string of the molecule is Cc1ncsc1CN(C)C(=O)NC[C@@H](C)N1CCc2ccccc21. The minimum Gasteiger partial charge on any atom is -0.366 e. The van der Waals surface area contributed by atoms with Crippen LogP contribution in [0.1, 0.15) is 23.1 Å². The zero-order valence-corrected chi connectivity index (χ0v) is 15.3. The number of aromatic nitrogens is 1. The maximum Gasteiger partial charge on any atom is 0.317 e. The summed E-state index contributed by atoms with van der Waals surface area (Å²) in [6.45, 7) is 6.40. The Morgan fingerprint density at radius 1 is 1.46 bits per heavy atom. The monoisotopic (exact) mass is 344 g/mol. The summed E-state index contributed by atoms with van der Waals surface area (Å²) in [5, 5.41) is 3.05. The number of para-hydroxylation sites is 1. The van der Waals surface area contributed by atoms with Crippen molar-refractivity contribution in [2.24, 2.45) is 0 Å². The van der Waals surface area contributed by atoms with Crippen LogP contribution in [-0.4, -0.2) is 42.1 Å². The normalized spacial score (nSPS) is 14.4. The molecule has 0 saturated heterocycles. The molecule has 0 fully saturated rings.